The minimum absolute atomic E-state index is 0.480. The molecule has 0 heterocycles. The fourth-order valence-electron chi connectivity index (χ4n) is 2.08. The van der Waals surface area contributed by atoms with Crippen LogP contribution in [0.4, 0.5) is 13.2 Å². The molecule has 2 atom stereocenters. The lowest BCUT2D eigenvalue weighted by Gasteiger charge is -2.12. The highest BCUT2D eigenvalue weighted by molar-refractivity contribution is 5.77. The van der Waals surface area contributed by atoms with E-state index < -0.39 is 29.0 Å². The van der Waals surface area contributed by atoms with E-state index in [0.717, 1.165) is 12.1 Å². The zero-order chi connectivity index (χ0) is 12.8. The molecular formula is C12H11F3O2. The maximum atomic E-state index is 12.3. The summed E-state index contributed by atoms with van der Waals surface area (Å²) in [7, 11) is 0. The maximum Gasteiger partial charge on any atom is 0.416 e. The zero-order valence-electron chi connectivity index (χ0n) is 9.08. The molecule has 17 heavy (non-hydrogen) atoms. The summed E-state index contributed by atoms with van der Waals surface area (Å²) < 4.78 is 37.0. The van der Waals surface area contributed by atoms with Crippen molar-refractivity contribution in [1.29, 1.82) is 0 Å². The molecule has 92 valence electrons. The van der Waals surface area contributed by atoms with Gasteiger partial charge in [0.2, 0.25) is 0 Å². The number of benzene rings is 1. The number of hydrogen-bond donors (Lipinski definition) is 1. The summed E-state index contributed by atoms with van der Waals surface area (Å²) in [6, 6.07) is 4.73. The standard InChI is InChI=1S/C12H11F3O2/c1-11(6-9(11)10(16)17)7-2-4-8(5-3-7)12(13,14)15/h2-5,9H,6H2,1H3,(H,16,17). The van der Waals surface area contributed by atoms with E-state index in [0.29, 0.717) is 12.0 Å². The first-order valence-electron chi connectivity index (χ1n) is 5.16. The normalized spacial score (nSPS) is 27.9. The van der Waals surface area contributed by atoms with E-state index in [1.54, 1.807) is 6.92 Å². The van der Waals surface area contributed by atoms with Crippen molar-refractivity contribution in [3.8, 4) is 0 Å². The third-order valence-corrected chi connectivity index (χ3v) is 3.41. The quantitative estimate of drug-likeness (QED) is 0.868. The molecule has 0 bridgehead atoms. The Balaban J connectivity index is 2.23. The number of carboxylic acid groups (broad SMARTS) is 1. The lowest BCUT2D eigenvalue weighted by Crippen LogP contribution is -2.12. The molecule has 1 aliphatic carbocycles. The lowest BCUT2D eigenvalue weighted by molar-refractivity contribution is -0.139. The van der Waals surface area contributed by atoms with Crippen molar-refractivity contribution >= 4 is 5.97 Å². The summed E-state index contributed by atoms with van der Waals surface area (Å²) in [6.45, 7) is 1.76. The van der Waals surface area contributed by atoms with Gasteiger partial charge in [0.1, 0.15) is 0 Å². The molecule has 2 rings (SSSR count). The summed E-state index contributed by atoms with van der Waals surface area (Å²) in [5.74, 6) is -1.38. The van der Waals surface area contributed by atoms with Crippen molar-refractivity contribution in [3.63, 3.8) is 0 Å². The number of aliphatic carboxylic acids is 1. The van der Waals surface area contributed by atoms with Crippen molar-refractivity contribution in [2.24, 2.45) is 5.92 Å². The molecular weight excluding hydrogens is 233 g/mol. The molecule has 1 aromatic rings. The van der Waals surface area contributed by atoms with Gasteiger partial charge >= 0.3 is 12.1 Å². The molecule has 0 aromatic heterocycles. The predicted octanol–water partition coefficient (Wildman–Crippen LogP) is 3.07. The van der Waals surface area contributed by atoms with Crippen LogP contribution in [0, 0.1) is 5.92 Å². The van der Waals surface area contributed by atoms with E-state index in [-0.39, 0.29) is 0 Å². The van der Waals surface area contributed by atoms with E-state index >= 15 is 0 Å². The molecule has 0 amide bonds. The molecule has 0 saturated heterocycles. The van der Waals surface area contributed by atoms with Crippen molar-refractivity contribution in [2.45, 2.75) is 24.9 Å². The molecule has 1 saturated carbocycles. The van der Waals surface area contributed by atoms with Crippen LogP contribution in [0.1, 0.15) is 24.5 Å². The third kappa shape index (κ3) is 2.01. The van der Waals surface area contributed by atoms with Crippen LogP contribution < -0.4 is 0 Å². The van der Waals surface area contributed by atoms with Gasteiger partial charge in [0.15, 0.2) is 0 Å². The Morgan fingerprint density at radius 2 is 1.88 bits per heavy atom. The highest BCUT2D eigenvalue weighted by Gasteiger charge is 2.55. The average Bonchev–Trinajstić information content (AvgIpc) is 2.92. The number of rotatable bonds is 2. The highest BCUT2D eigenvalue weighted by atomic mass is 19.4. The van der Waals surface area contributed by atoms with Gasteiger partial charge in [-0.3, -0.25) is 4.79 Å². The van der Waals surface area contributed by atoms with Gasteiger partial charge in [-0.05, 0) is 24.1 Å². The van der Waals surface area contributed by atoms with Crippen LogP contribution in [0.2, 0.25) is 0 Å². The molecule has 2 unspecified atom stereocenters. The Hall–Kier alpha value is -1.52. The van der Waals surface area contributed by atoms with Crippen LogP contribution in [-0.4, -0.2) is 11.1 Å². The fraction of sp³-hybridized carbons (Fsp3) is 0.417. The van der Waals surface area contributed by atoms with Crippen LogP contribution in [0.25, 0.3) is 0 Å². The van der Waals surface area contributed by atoms with Crippen molar-refractivity contribution in [2.75, 3.05) is 0 Å². The Labute approximate surface area is 96.1 Å². The second kappa shape index (κ2) is 3.48. The topological polar surface area (TPSA) is 37.3 Å². The molecule has 0 aliphatic heterocycles. The van der Waals surface area contributed by atoms with Gasteiger partial charge in [-0.15, -0.1) is 0 Å². The molecule has 1 aromatic carbocycles. The molecule has 0 radical (unpaired) electrons. The van der Waals surface area contributed by atoms with Crippen molar-refractivity contribution < 1.29 is 23.1 Å². The number of carboxylic acids is 1. The van der Waals surface area contributed by atoms with E-state index in [4.69, 9.17) is 5.11 Å². The molecule has 1 N–H and O–H groups in total. The largest absolute Gasteiger partial charge is 0.481 e. The highest BCUT2D eigenvalue weighted by Crippen LogP contribution is 2.54. The summed E-state index contributed by atoms with van der Waals surface area (Å²) in [5, 5.41) is 8.85. The molecule has 1 fully saturated rings. The zero-order valence-corrected chi connectivity index (χ0v) is 9.08. The van der Waals surface area contributed by atoms with Gasteiger partial charge in [0.05, 0.1) is 11.5 Å². The lowest BCUT2D eigenvalue weighted by atomic mass is 9.94. The Morgan fingerprint density at radius 1 is 1.35 bits per heavy atom. The van der Waals surface area contributed by atoms with Crippen LogP contribution in [0.3, 0.4) is 0 Å². The first-order chi connectivity index (χ1) is 7.75. The predicted molar refractivity (Wildman–Crippen MR) is 54.5 cm³/mol. The van der Waals surface area contributed by atoms with Gasteiger partial charge in [-0.2, -0.15) is 13.2 Å². The number of alkyl halides is 3. The van der Waals surface area contributed by atoms with Gasteiger partial charge in [0.25, 0.3) is 0 Å². The second-order valence-corrected chi connectivity index (χ2v) is 4.59. The smallest absolute Gasteiger partial charge is 0.416 e. The third-order valence-electron chi connectivity index (χ3n) is 3.41. The number of carbonyl (C=O) groups is 1. The van der Waals surface area contributed by atoms with Crippen LogP contribution in [0.15, 0.2) is 24.3 Å². The Kier molecular flexibility index (Phi) is 2.45. The monoisotopic (exact) mass is 244 g/mol. The summed E-state index contributed by atoms with van der Waals surface area (Å²) >= 11 is 0. The average molecular weight is 244 g/mol. The molecule has 5 heteroatoms. The van der Waals surface area contributed by atoms with Crippen molar-refractivity contribution in [1.82, 2.24) is 0 Å². The molecule has 1 aliphatic rings. The first-order valence-corrected chi connectivity index (χ1v) is 5.16. The summed E-state index contributed by atoms with van der Waals surface area (Å²) in [6.07, 6.45) is -3.87. The van der Waals surface area contributed by atoms with Gasteiger partial charge in [-0.1, -0.05) is 19.1 Å². The molecule has 0 spiro atoms. The first kappa shape index (κ1) is 12.0. The van der Waals surface area contributed by atoms with E-state index in [2.05, 4.69) is 0 Å². The minimum Gasteiger partial charge on any atom is -0.481 e. The van der Waals surface area contributed by atoms with Crippen molar-refractivity contribution in [3.05, 3.63) is 35.4 Å². The van der Waals surface area contributed by atoms with Gasteiger partial charge < -0.3 is 5.11 Å². The summed E-state index contributed by atoms with van der Waals surface area (Å²) in [5.41, 5.74) is -0.578. The fourth-order valence-corrected chi connectivity index (χ4v) is 2.08. The van der Waals surface area contributed by atoms with Gasteiger partial charge in [-0.25, -0.2) is 0 Å². The van der Waals surface area contributed by atoms with Crippen LogP contribution in [-0.2, 0) is 16.4 Å². The minimum atomic E-state index is -4.35. The number of hydrogen-bond acceptors (Lipinski definition) is 1. The Bertz CT molecular complexity index is 450. The number of halogens is 3. The van der Waals surface area contributed by atoms with Gasteiger partial charge in [0, 0.05) is 5.41 Å². The van der Waals surface area contributed by atoms with E-state index in [9.17, 15) is 18.0 Å². The van der Waals surface area contributed by atoms with E-state index in [1.807, 2.05) is 0 Å². The maximum absolute atomic E-state index is 12.3. The van der Waals surface area contributed by atoms with E-state index in [1.165, 1.54) is 12.1 Å². The second-order valence-electron chi connectivity index (χ2n) is 4.59. The van der Waals surface area contributed by atoms with Crippen LogP contribution in [0.5, 0.6) is 0 Å². The SMILES string of the molecule is CC1(c2ccc(C(F)(F)F)cc2)CC1C(=O)O. The van der Waals surface area contributed by atoms with Crippen LogP contribution >= 0.6 is 0 Å². The Morgan fingerprint density at radius 3 is 2.24 bits per heavy atom. The summed E-state index contributed by atoms with van der Waals surface area (Å²) in [4.78, 5) is 10.8. The molecule has 2 nitrogen and oxygen atoms in total.